The summed E-state index contributed by atoms with van der Waals surface area (Å²) < 4.78 is 5.02. The topological polar surface area (TPSA) is 87.2 Å². The molecule has 2 unspecified atom stereocenters. The van der Waals surface area contributed by atoms with Gasteiger partial charge >= 0.3 is 5.97 Å². The van der Waals surface area contributed by atoms with E-state index in [0.717, 1.165) is 50.5 Å². The molecule has 224 valence electrons. The summed E-state index contributed by atoms with van der Waals surface area (Å²) in [6.07, 6.45) is 10.9. The average molecular weight is 583 g/mol. The third-order valence-electron chi connectivity index (χ3n) is 8.90. The van der Waals surface area contributed by atoms with E-state index in [1.54, 1.807) is 22.7 Å². The second-order valence-corrected chi connectivity index (χ2v) is 13.2. The van der Waals surface area contributed by atoms with Gasteiger partial charge in [0.25, 0.3) is 0 Å². The molecule has 7 nitrogen and oxygen atoms in total. The highest BCUT2D eigenvalue weighted by atomic mass is 32.2. The van der Waals surface area contributed by atoms with Crippen molar-refractivity contribution in [1.29, 1.82) is 0 Å². The van der Waals surface area contributed by atoms with Gasteiger partial charge in [0, 0.05) is 18.3 Å². The molecule has 3 heterocycles. The molecule has 0 radical (unpaired) electrons. The zero-order chi connectivity index (χ0) is 29.4. The number of fused-ring (bicyclic) bond motifs is 1. The van der Waals surface area contributed by atoms with Crippen LogP contribution in [0.1, 0.15) is 63.9 Å². The molecule has 1 aromatic carbocycles. The fourth-order valence-corrected chi connectivity index (χ4v) is 9.19. The van der Waals surface area contributed by atoms with E-state index in [4.69, 9.17) is 4.74 Å². The van der Waals surface area contributed by atoms with Crippen molar-refractivity contribution in [2.45, 2.75) is 86.8 Å². The van der Waals surface area contributed by atoms with Gasteiger partial charge in [0.15, 0.2) is 0 Å². The number of esters is 1. The average Bonchev–Trinajstić information content (AvgIpc) is 3.63. The van der Waals surface area contributed by atoms with E-state index >= 15 is 0 Å². The highest BCUT2D eigenvalue weighted by molar-refractivity contribution is 8.02. The second kappa shape index (κ2) is 14.5. The number of carbonyl (C=O) groups excluding carboxylic acids is 3. The van der Waals surface area contributed by atoms with Crippen LogP contribution in [0.3, 0.4) is 0 Å². The molecule has 3 aliphatic rings. The molecule has 1 aromatic rings. The lowest BCUT2D eigenvalue weighted by Crippen LogP contribution is -2.58. The summed E-state index contributed by atoms with van der Waals surface area (Å²) in [5, 5.41) is 10.6. The van der Waals surface area contributed by atoms with Gasteiger partial charge in [0.05, 0.1) is 35.8 Å². The summed E-state index contributed by atoms with van der Waals surface area (Å²) in [5.41, 5.74) is 0.985. The number of hydrogen-bond acceptors (Lipinski definition) is 6. The lowest BCUT2D eigenvalue weighted by atomic mass is 9.71. The molecule has 0 saturated carbocycles. The van der Waals surface area contributed by atoms with E-state index in [-0.39, 0.29) is 29.6 Å². The van der Waals surface area contributed by atoms with Crippen LogP contribution in [0.15, 0.2) is 55.6 Å². The Kier molecular flexibility index (Phi) is 11.1. The Bertz CT molecular complexity index is 1080. The van der Waals surface area contributed by atoms with E-state index in [9.17, 15) is 19.5 Å². The molecular formula is C33H46N2O5S. The minimum absolute atomic E-state index is 0.0447. The number of ether oxygens (including phenoxy) is 1. The van der Waals surface area contributed by atoms with Crippen LogP contribution in [0.25, 0.3) is 0 Å². The number of allylic oxidation sites excluding steroid dienone is 1. The molecule has 41 heavy (non-hydrogen) atoms. The summed E-state index contributed by atoms with van der Waals surface area (Å²) >= 11 is 1.64. The van der Waals surface area contributed by atoms with E-state index < -0.39 is 28.7 Å². The van der Waals surface area contributed by atoms with Crippen LogP contribution in [-0.2, 0) is 25.5 Å². The normalized spacial score (nSPS) is 27.0. The summed E-state index contributed by atoms with van der Waals surface area (Å²) in [6.45, 7) is 10.8. The quantitative estimate of drug-likeness (QED) is 0.162. The van der Waals surface area contributed by atoms with Crippen molar-refractivity contribution in [3.63, 3.8) is 0 Å². The molecule has 6 atom stereocenters. The first-order chi connectivity index (χ1) is 19.9. The number of rotatable bonds is 17. The van der Waals surface area contributed by atoms with E-state index in [2.05, 4.69) is 20.1 Å². The Balaban J connectivity index is 1.67. The summed E-state index contributed by atoms with van der Waals surface area (Å²) in [5.74, 6) is -1.84. The monoisotopic (exact) mass is 582 g/mol. The Morgan fingerprint density at radius 3 is 2.66 bits per heavy atom. The van der Waals surface area contributed by atoms with Gasteiger partial charge in [0.2, 0.25) is 11.8 Å². The smallest absolute Gasteiger partial charge is 0.310 e. The lowest BCUT2D eigenvalue weighted by Gasteiger charge is -2.39. The fourth-order valence-electron chi connectivity index (χ4n) is 7.00. The van der Waals surface area contributed by atoms with Crippen molar-refractivity contribution in [3.8, 4) is 0 Å². The number of carbonyl (C=O) groups is 3. The van der Waals surface area contributed by atoms with Gasteiger partial charge in [-0.25, -0.2) is 0 Å². The predicted octanol–water partition coefficient (Wildman–Crippen LogP) is 4.79. The Morgan fingerprint density at radius 2 is 1.98 bits per heavy atom. The molecule has 2 bridgehead atoms. The summed E-state index contributed by atoms with van der Waals surface area (Å²) in [4.78, 5) is 45.9. The van der Waals surface area contributed by atoms with E-state index in [1.807, 2.05) is 41.3 Å². The Labute approximate surface area is 249 Å². The SMILES string of the molecule is C=CCCCCOC(=O)[C@@H]1[C@@H]2CCC3(S2)C(C(=O)N(CC=C)CCCCC)N([C@@H](CO)Cc2ccccc2)C(=O)[C@H]13. The largest absolute Gasteiger partial charge is 0.465 e. The Hall–Kier alpha value is -2.58. The number of nitrogens with zero attached hydrogens (tertiary/aromatic N) is 2. The van der Waals surface area contributed by atoms with Gasteiger partial charge in [-0.15, -0.1) is 24.9 Å². The van der Waals surface area contributed by atoms with Crippen LogP contribution in [0.2, 0.25) is 0 Å². The molecule has 3 fully saturated rings. The number of amides is 2. The number of hydrogen-bond donors (Lipinski definition) is 1. The van der Waals surface area contributed by atoms with Crippen molar-refractivity contribution in [3.05, 3.63) is 61.2 Å². The summed E-state index contributed by atoms with van der Waals surface area (Å²) in [7, 11) is 0. The highest BCUT2D eigenvalue weighted by Crippen LogP contribution is 2.67. The van der Waals surface area contributed by atoms with Gasteiger partial charge in [0.1, 0.15) is 6.04 Å². The molecule has 8 heteroatoms. The second-order valence-electron chi connectivity index (χ2n) is 11.6. The molecule has 0 aromatic heterocycles. The third-order valence-corrected chi connectivity index (χ3v) is 10.9. The van der Waals surface area contributed by atoms with E-state index in [0.29, 0.717) is 32.5 Å². The van der Waals surface area contributed by atoms with Crippen molar-refractivity contribution in [2.75, 3.05) is 26.3 Å². The number of thioether (sulfide) groups is 1. The standard InChI is InChI=1S/C33H46N2O5S/c1-4-7-9-14-21-40-32(39)27-26-17-18-33(41-26)28(27)30(37)35(25(23-36)22-24-15-11-10-12-16-24)29(33)31(38)34(19-6-3)20-13-8-5-2/h4,6,10-12,15-16,25-29,36H,1,3,5,7-9,13-14,17-23H2,2H3/t25-,26+,27-,28+,29?,33?/m1/s1. The molecule has 3 aliphatic heterocycles. The number of unbranched alkanes of at least 4 members (excludes halogenated alkanes) is 4. The molecule has 1 N–H and O–H groups in total. The zero-order valence-electron chi connectivity index (χ0n) is 24.4. The van der Waals surface area contributed by atoms with Crippen molar-refractivity contribution in [1.82, 2.24) is 9.80 Å². The summed E-state index contributed by atoms with van der Waals surface area (Å²) in [6, 6.07) is 8.42. The first-order valence-corrected chi connectivity index (χ1v) is 16.1. The maximum atomic E-state index is 14.5. The number of likely N-dealkylation sites (tertiary alicyclic amines) is 1. The molecular weight excluding hydrogens is 536 g/mol. The Morgan fingerprint density at radius 1 is 1.20 bits per heavy atom. The molecule has 2 amide bonds. The number of aliphatic hydroxyl groups excluding tert-OH is 1. The van der Waals surface area contributed by atoms with Crippen molar-refractivity contribution < 1.29 is 24.2 Å². The third kappa shape index (κ3) is 6.43. The minimum Gasteiger partial charge on any atom is -0.465 e. The number of aliphatic hydroxyl groups is 1. The van der Waals surface area contributed by atoms with Gasteiger partial charge in [-0.1, -0.05) is 62.2 Å². The molecule has 4 rings (SSSR count). The van der Waals surface area contributed by atoms with E-state index in [1.165, 1.54) is 0 Å². The lowest BCUT2D eigenvalue weighted by molar-refractivity contribution is -0.154. The van der Waals surface area contributed by atoms with Crippen molar-refractivity contribution >= 4 is 29.5 Å². The van der Waals surface area contributed by atoms with Gasteiger partial charge in [-0.05, 0) is 50.5 Å². The van der Waals surface area contributed by atoms with Gasteiger partial charge < -0.3 is 19.6 Å². The van der Waals surface area contributed by atoms with Crippen LogP contribution < -0.4 is 0 Å². The minimum atomic E-state index is -0.747. The van der Waals surface area contributed by atoms with Crippen LogP contribution >= 0.6 is 11.8 Å². The first-order valence-electron chi connectivity index (χ1n) is 15.2. The fraction of sp³-hybridized carbons (Fsp3) is 0.606. The van der Waals surface area contributed by atoms with Crippen LogP contribution in [0.4, 0.5) is 0 Å². The van der Waals surface area contributed by atoms with Crippen LogP contribution in [0, 0.1) is 11.8 Å². The first kappa shape index (κ1) is 31.4. The maximum absolute atomic E-state index is 14.5. The molecule has 0 aliphatic carbocycles. The van der Waals surface area contributed by atoms with Gasteiger partial charge in [-0.2, -0.15) is 0 Å². The van der Waals surface area contributed by atoms with Crippen molar-refractivity contribution in [2.24, 2.45) is 11.8 Å². The highest BCUT2D eigenvalue weighted by Gasteiger charge is 2.74. The number of benzene rings is 1. The van der Waals surface area contributed by atoms with Crippen LogP contribution in [-0.4, -0.2) is 81.1 Å². The van der Waals surface area contributed by atoms with Crippen LogP contribution in [0.5, 0.6) is 0 Å². The zero-order valence-corrected chi connectivity index (χ0v) is 25.2. The molecule has 3 saturated heterocycles. The van der Waals surface area contributed by atoms with Gasteiger partial charge in [-0.3, -0.25) is 14.4 Å². The predicted molar refractivity (Wildman–Crippen MR) is 163 cm³/mol. The maximum Gasteiger partial charge on any atom is 0.310 e. The molecule has 1 spiro atoms.